The third-order valence-electron chi connectivity index (χ3n) is 2.97. The molecule has 0 amide bonds. The van der Waals surface area contributed by atoms with Crippen molar-refractivity contribution < 1.29 is 4.39 Å². The maximum absolute atomic E-state index is 13.5. The number of rotatable bonds is 3. The van der Waals surface area contributed by atoms with Gasteiger partial charge in [-0.15, -0.1) is 0 Å². The number of nitrogens with zero attached hydrogens (tertiary/aromatic N) is 1. The molecule has 2 aromatic rings. The monoisotopic (exact) mass is 329 g/mol. The predicted molar refractivity (Wildman–Crippen MR) is 86.2 cm³/mol. The van der Waals surface area contributed by atoms with Crippen molar-refractivity contribution in [2.24, 2.45) is 0 Å². The predicted octanol–water partition coefficient (Wildman–Crippen LogP) is 4.63. The topological polar surface area (TPSA) is 37.0 Å². The summed E-state index contributed by atoms with van der Waals surface area (Å²) < 4.78 is 13.5. The van der Waals surface area contributed by atoms with Gasteiger partial charge in [0.15, 0.2) is 0 Å². The van der Waals surface area contributed by atoms with Crippen molar-refractivity contribution in [3.8, 4) is 0 Å². The summed E-state index contributed by atoms with van der Waals surface area (Å²) in [4.78, 5) is 4.24. The van der Waals surface area contributed by atoms with Gasteiger partial charge < -0.3 is 0 Å². The highest BCUT2D eigenvalue weighted by Crippen LogP contribution is 2.28. The molecule has 6 heteroatoms. The summed E-state index contributed by atoms with van der Waals surface area (Å²) >= 11 is 12.0. The Morgan fingerprint density at radius 3 is 2.48 bits per heavy atom. The Morgan fingerprint density at radius 2 is 1.86 bits per heavy atom. The first-order valence-electron chi connectivity index (χ1n) is 6.65. The van der Waals surface area contributed by atoms with Crippen LogP contribution in [0.3, 0.4) is 0 Å². The van der Waals surface area contributed by atoms with Crippen molar-refractivity contribution in [2.45, 2.75) is 39.3 Å². The molecule has 1 unspecified atom stereocenters. The van der Waals surface area contributed by atoms with Gasteiger partial charge in [0, 0.05) is 28.6 Å². The highest BCUT2D eigenvalue weighted by molar-refractivity contribution is 6.32. The number of aromatic nitrogens is 1. The molecule has 0 saturated heterocycles. The molecule has 1 heterocycles. The van der Waals surface area contributed by atoms with Crippen LogP contribution >= 0.6 is 23.2 Å². The molecule has 0 aliphatic heterocycles. The van der Waals surface area contributed by atoms with Crippen LogP contribution in [0.1, 0.15) is 39.3 Å². The first-order chi connectivity index (χ1) is 9.67. The maximum Gasteiger partial charge on any atom is 0.143 e. The summed E-state index contributed by atoms with van der Waals surface area (Å²) in [6, 6.07) is 4.66. The Balaban J connectivity index is 2.35. The van der Waals surface area contributed by atoms with E-state index in [1.807, 2.05) is 13.0 Å². The third kappa shape index (κ3) is 4.04. The van der Waals surface area contributed by atoms with E-state index in [0.29, 0.717) is 10.7 Å². The van der Waals surface area contributed by atoms with Crippen LogP contribution in [-0.2, 0) is 0 Å². The van der Waals surface area contributed by atoms with Crippen LogP contribution in [0.4, 0.5) is 4.39 Å². The molecule has 21 heavy (non-hydrogen) atoms. The second-order valence-electron chi connectivity index (χ2n) is 6.07. The van der Waals surface area contributed by atoms with Crippen molar-refractivity contribution in [1.82, 2.24) is 15.8 Å². The molecule has 0 aliphatic carbocycles. The third-order valence-corrected chi connectivity index (χ3v) is 3.56. The fourth-order valence-electron chi connectivity index (χ4n) is 1.87. The minimum atomic E-state index is -0.499. The van der Waals surface area contributed by atoms with Crippen molar-refractivity contribution in [1.29, 1.82) is 0 Å². The van der Waals surface area contributed by atoms with Crippen LogP contribution in [-0.4, -0.2) is 10.5 Å². The number of nitrogens with one attached hydrogen (secondary N) is 2. The highest BCUT2D eigenvalue weighted by Gasteiger charge is 2.16. The maximum atomic E-state index is 13.5. The lowest BCUT2D eigenvalue weighted by Crippen LogP contribution is -2.47. The molecule has 2 N–H and O–H groups in total. The smallest absolute Gasteiger partial charge is 0.143 e. The van der Waals surface area contributed by atoms with E-state index in [-0.39, 0.29) is 16.6 Å². The molecule has 0 bridgehead atoms. The van der Waals surface area contributed by atoms with Crippen molar-refractivity contribution in [2.75, 3.05) is 0 Å². The van der Waals surface area contributed by atoms with E-state index in [9.17, 15) is 4.39 Å². The van der Waals surface area contributed by atoms with E-state index in [4.69, 9.17) is 23.2 Å². The Kier molecular flexibility index (Phi) is 4.73. The molecule has 0 radical (unpaired) electrons. The van der Waals surface area contributed by atoms with Crippen LogP contribution in [0, 0.1) is 5.82 Å². The molecule has 0 fully saturated rings. The Labute approximate surface area is 133 Å². The average molecular weight is 330 g/mol. The van der Waals surface area contributed by atoms with E-state index in [1.54, 1.807) is 6.07 Å². The van der Waals surface area contributed by atoms with Crippen molar-refractivity contribution in [3.63, 3.8) is 0 Å². The number of fused-ring (bicyclic) bond motifs is 1. The standard InChI is InChI=1S/C15H18Cl2FN3/c1-8(20-21-15(2,3)4)10-5-9-6-11(16)12(18)7-13(9)19-14(10)17/h5-8,20-21H,1-4H3. The molecule has 1 aromatic heterocycles. The SMILES string of the molecule is CC(NNC(C)(C)C)c1cc2cc(Cl)c(F)cc2nc1Cl. The van der Waals surface area contributed by atoms with Gasteiger partial charge in [-0.25, -0.2) is 9.37 Å². The summed E-state index contributed by atoms with van der Waals surface area (Å²) in [5, 5.41) is 1.18. The van der Waals surface area contributed by atoms with Gasteiger partial charge in [-0.1, -0.05) is 23.2 Å². The van der Waals surface area contributed by atoms with Gasteiger partial charge in [-0.3, -0.25) is 10.9 Å². The molecule has 0 saturated carbocycles. The highest BCUT2D eigenvalue weighted by atomic mass is 35.5. The molecule has 2 rings (SSSR count). The quantitative estimate of drug-likeness (QED) is 0.636. The van der Waals surface area contributed by atoms with Gasteiger partial charge in [0.05, 0.1) is 10.5 Å². The number of benzene rings is 1. The van der Waals surface area contributed by atoms with Crippen LogP contribution < -0.4 is 10.9 Å². The summed E-state index contributed by atoms with van der Waals surface area (Å²) in [5.41, 5.74) is 7.62. The molecule has 1 atom stereocenters. The molecule has 114 valence electrons. The molecule has 1 aromatic carbocycles. The van der Waals surface area contributed by atoms with Gasteiger partial charge in [0.1, 0.15) is 11.0 Å². The van der Waals surface area contributed by atoms with E-state index in [0.717, 1.165) is 10.9 Å². The van der Waals surface area contributed by atoms with Gasteiger partial charge in [-0.2, -0.15) is 0 Å². The fraction of sp³-hybridized carbons (Fsp3) is 0.400. The largest absolute Gasteiger partial charge is 0.252 e. The minimum absolute atomic E-state index is 0.0579. The molecule has 3 nitrogen and oxygen atoms in total. The van der Waals surface area contributed by atoms with Crippen LogP contribution in [0.15, 0.2) is 18.2 Å². The van der Waals surface area contributed by atoms with Gasteiger partial charge >= 0.3 is 0 Å². The number of hydrazine groups is 1. The second kappa shape index (κ2) is 6.05. The fourth-order valence-corrected chi connectivity index (χ4v) is 2.35. The zero-order valence-corrected chi connectivity index (χ0v) is 13.9. The Hall–Kier alpha value is -0.940. The summed E-state index contributed by atoms with van der Waals surface area (Å²) in [6.07, 6.45) is 0. The molecule has 0 aliphatic rings. The van der Waals surface area contributed by atoms with E-state index in [1.165, 1.54) is 6.07 Å². The van der Waals surface area contributed by atoms with Gasteiger partial charge in [0.2, 0.25) is 0 Å². The first kappa shape index (κ1) is 16.4. The van der Waals surface area contributed by atoms with Crippen LogP contribution in [0.5, 0.6) is 0 Å². The molecular weight excluding hydrogens is 312 g/mol. The van der Waals surface area contributed by atoms with E-state index in [2.05, 4.69) is 36.6 Å². The summed E-state index contributed by atoms with van der Waals surface area (Å²) in [6.45, 7) is 8.12. The zero-order chi connectivity index (χ0) is 15.8. The van der Waals surface area contributed by atoms with Crippen molar-refractivity contribution >= 4 is 34.1 Å². The number of halogens is 3. The van der Waals surface area contributed by atoms with Crippen molar-refractivity contribution in [3.05, 3.63) is 39.8 Å². The van der Waals surface area contributed by atoms with Gasteiger partial charge in [0.25, 0.3) is 0 Å². The normalized spacial score (nSPS) is 13.7. The second-order valence-corrected chi connectivity index (χ2v) is 6.83. The lowest BCUT2D eigenvalue weighted by atomic mass is 10.1. The van der Waals surface area contributed by atoms with Gasteiger partial charge in [-0.05, 0) is 39.8 Å². The number of hydrogen-bond acceptors (Lipinski definition) is 3. The zero-order valence-electron chi connectivity index (χ0n) is 12.4. The van der Waals surface area contributed by atoms with Crippen LogP contribution in [0.2, 0.25) is 10.2 Å². The summed E-state index contributed by atoms with van der Waals surface area (Å²) in [7, 11) is 0. The number of hydrogen-bond donors (Lipinski definition) is 2. The Bertz CT molecular complexity index is 668. The molecule has 0 spiro atoms. The van der Waals surface area contributed by atoms with E-state index < -0.39 is 5.82 Å². The first-order valence-corrected chi connectivity index (χ1v) is 7.41. The Morgan fingerprint density at radius 1 is 1.19 bits per heavy atom. The lowest BCUT2D eigenvalue weighted by molar-refractivity contribution is 0.327. The minimum Gasteiger partial charge on any atom is -0.252 e. The lowest BCUT2D eigenvalue weighted by Gasteiger charge is -2.25. The van der Waals surface area contributed by atoms with Crippen LogP contribution in [0.25, 0.3) is 10.9 Å². The number of pyridine rings is 1. The average Bonchev–Trinajstić information content (AvgIpc) is 2.36. The van der Waals surface area contributed by atoms with E-state index >= 15 is 0 Å². The molecular formula is C15H18Cl2FN3. The summed E-state index contributed by atoms with van der Waals surface area (Å²) in [5.74, 6) is -0.499.